The zero-order chi connectivity index (χ0) is 22.3. The van der Waals surface area contributed by atoms with E-state index in [1.165, 1.54) is 18.2 Å². The van der Waals surface area contributed by atoms with Gasteiger partial charge < -0.3 is 5.32 Å². The first-order valence-electron chi connectivity index (χ1n) is 7.96. The number of amides is 1. The number of carbonyl (C=O) groups is 1. The number of rotatable bonds is 5. The molecule has 1 amide bonds. The van der Waals surface area contributed by atoms with Crippen LogP contribution < -0.4 is 5.32 Å². The van der Waals surface area contributed by atoms with Crippen molar-refractivity contribution >= 4 is 107 Å². The van der Waals surface area contributed by atoms with Crippen LogP contribution in [0.4, 0.5) is 11.4 Å². The van der Waals surface area contributed by atoms with Crippen LogP contribution in [-0.4, -0.2) is 95.9 Å². The number of anilines is 1. The number of nitrogens with one attached hydrogen (secondary N) is 1. The van der Waals surface area contributed by atoms with Gasteiger partial charge in [0, 0.05) is 87.6 Å². The van der Waals surface area contributed by atoms with Crippen molar-refractivity contribution in [3.8, 4) is 0 Å². The van der Waals surface area contributed by atoms with Gasteiger partial charge in [-0.1, -0.05) is 24.3 Å². The van der Waals surface area contributed by atoms with Gasteiger partial charge in [-0.2, -0.15) is 16.8 Å². The second-order valence-electron chi connectivity index (χ2n) is 6.01. The molecule has 15 heteroatoms. The van der Waals surface area contributed by atoms with Gasteiger partial charge in [-0.25, -0.2) is 0 Å². The topological polar surface area (TPSA) is 181 Å². The Morgan fingerprint density at radius 1 is 0.875 bits per heavy atom. The molecule has 0 unspecified atom stereocenters. The van der Waals surface area contributed by atoms with Gasteiger partial charge in [-0.15, -0.1) is 0 Å². The van der Waals surface area contributed by atoms with Crippen LogP contribution >= 0.6 is 0 Å². The summed E-state index contributed by atoms with van der Waals surface area (Å²) < 4.78 is 66.1. The molecule has 0 bridgehead atoms. The molecule has 0 saturated heterocycles. The summed E-state index contributed by atoms with van der Waals surface area (Å²) >= 11 is 0. The van der Waals surface area contributed by atoms with Crippen molar-refractivity contribution in [2.45, 2.75) is 9.79 Å². The predicted octanol–water partition coefficient (Wildman–Crippen LogP) is 1.73. The Bertz CT molecular complexity index is 1430. The molecule has 3 aromatic rings. The van der Waals surface area contributed by atoms with Gasteiger partial charge in [0.25, 0.3) is 31.8 Å². The minimum absolute atomic E-state index is 0. The molecule has 3 N–H and O–H groups in total. The van der Waals surface area contributed by atoms with Crippen molar-refractivity contribution in [1.29, 1.82) is 0 Å². The van der Waals surface area contributed by atoms with E-state index in [9.17, 15) is 40.8 Å². The molecule has 32 heavy (non-hydrogen) atoms. The minimum Gasteiger partial charge on any atom is -0.321 e. The van der Waals surface area contributed by atoms with Crippen LogP contribution in [0.15, 0.2) is 64.4 Å². The molecule has 0 aromatic heterocycles. The molecular weight excluding hydrogens is 486 g/mol. The van der Waals surface area contributed by atoms with Crippen LogP contribution in [0, 0.1) is 10.1 Å². The molecule has 0 aliphatic heterocycles. The van der Waals surface area contributed by atoms with Crippen molar-refractivity contribution in [2.24, 2.45) is 0 Å². The molecule has 0 fully saturated rings. The van der Waals surface area contributed by atoms with Gasteiger partial charge in [0.2, 0.25) is 0 Å². The van der Waals surface area contributed by atoms with E-state index in [1.807, 2.05) is 0 Å². The van der Waals surface area contributed by atoms with E-state index in [0.29, 0.717) is 0 Å². The Hall–Kier alpha value is -1.39. The molecule has 0 saturated carbocycles. The second kappa shape index (κ2) is 10.7. The SMILES string of the molecule is O=C(Nc1ccc2c(S(=O)(=O)O)cccc2c1S(=O)(=O)O)c1cccc([N+](=O)[O-])c1.[Na].[Na]. The van der Waals surface area contributed by atoms with E-state index < -0.39 is 46.5 Å². The average Bonchev–Trinajstić information content (AvgIpc) is 2.65. The summed E-state index contributed by atoms with van der Waals surface area (Å²) in [4.78, 5) is 21.2. The van der Waals surface area contributed by atoms with E-state index in [1.54, 1.807) is 0 Å². The smallest absolute Gasteiger partial charge is 0.297 e. The summed E-state index contributed by atoms with van der Waals surface area (Å²) in [6, 6.07) is 10.2. The number of nitrogens with zero attached hydrogens (tertiary/aromatic N) is 1. The van der Waals surface area contributed by atoms with Gasteiger partial charge >= 0.3 is 0 Å². The number of hydrogen-bond acceptors (Lipinski definition) is 7. The van der Waals surface area contributed by atoms with E-state index in [0.717, 1.165) is 36.4 Å². The van der Waals surface area contributed by atoms with Gasteiger partial charge in [-0.05, 0) is 18.2 Å². The molecule has 0 spiro atoms. The van der Waals surface area contributed by atoms with E-state index in [4.69, 9.17) is 0 Å². The first kappa shape index (κ1) is 28.6. The van der Waals surface area contributed by atoms with E-state index >= 15 is 0 Å². The van der Waals surface area contributed by atoms with Crippen LogP contribution in [-0.2, 0) is 20.2 Å². The van der Waals surface area contributed by atoms with Gasteiger partial charge in [0.1, 0.15) is 9.79 Å². The monoisotopic (exact) mass is 498 g/mol. The fourth-order valence-electron chi connectivity index (χ4n) is 2.86. The van der Waals surface area contributed by atoms with Crippen molar-refractivity contribution in [2.75, 3.05) is 5.32 Å². The van der Waals surface area contributed by atoms with Gasteiger partial charge in [0.15, 0.2) is 0 Å². The first-order chi connectivity index (χ1) is 13.9. The van der Waals surface area contributed by atoms with Gasteiger partial charge in [-0.3, -0.25) is 24.0 Å². The van der Waals surface area contributed by atoms with Crippen molar-refractivity contribution < 1.29 is 35.7 Å². The molecule has 3 rings (SSSR count). The number of fused-ring (bicyclic) bond motifs is 1. The van der Waals surface area contributed by atoms with Crippen molar-refractivity contribution in [3.63, 3.8) is 0 Å². The minimum atomic E-state index is -4.97. The Kier molecular flexibility index (Phi) is 9.57. The Morgan fingerprint density at radius 2 is 1.50 bits per heavy atom. The number of non-ortho nitro benzene ring substituents is 1. The van der Waals surface area contributed by atoms with Crippen LogP contribution in [0.3, 0.4) is 0 Å². The van der Waals surface area contributed by atoms with Crippen molar-refractivity contribution in [3.05, 3.63) is 70.3 Å². The van der Waals surface area contributed by atoms with Gasteiger partial charge in [0.05, 0.1) is 10.6 Å². The van der Waals surface area contributed by atoms with Crippen LogP contribution in [0.1, 0.15) is 10.4 Å². The average molecular weight is 498 g/mol. The third kappa shape index (κ3) is 6.14. The summed E-state index contributed by atoms with van der Waals surface area (Å²) in [6.45, 7) is 0. The number of carbonyl (C=O) groups excluding carboxylic acids is 1. The standard InChI is InChI=1S/C17H12N2O9S2.2Na/c20-17(10-3-1-4-11(9-10)19(21)22)18-14-8-7-12-13(16(14)30(26,27)28)5-2-6-15(12)29(23,24)25;;/h1-9H,(H,18,20)(H,23,24,25)(H,26,27,28);;. The quantitative estimate of drug-likeness (QED) is 0.204. The summed E-state index contributed by atoms with van der Waals surface area (Å²) in [7, 11) is -9.68. The maximum atomic E-state index is 12.5. The Labute approximate surface area is 226 Å². The molecule has 0 aliphatic rings. The number of nitro groups is 1. The number of hydrogen-bond donors (Lipinski definition) is 3. The molecule has 0 atom stereocenters. The summed E-state index contributed by atoms with van der Waals surface area (Å²) in [5.74, 6) is -0.908. The Morgan fingerprint density at radius 3 is 2.06 bits per heavy atom. The van der Waals surface area contributed by atoms with Crippen LogP contribution in [0.25, 0.3) is 10.8 Å². The maximum Gasteiger partial charge on any atom is 0.297 e. The number of nitro benzene ring substituents is 1. The molecule has 158 valence electrons. The largest absolute Gasteiger partial charge is 0.321 e. The zero-order valence-corrected chi connectivity index (χ0v) is 22.3. The first-order valence-corrected chi connectivity index (χ1v) is 10.8. The molecule has 2 radical (unpaired) electrons. The molecular formula is C17H12N2Na2O9S2. The maximum absolute atomic E-state index is 12.5. The summed E-state index contributed by atoms with van der Waals surface area (Å²) in [5.41, 5.74) is -0.916. The molecule has 11 nitrogen and oxygen atoms in total. The van der Waals surface area contributed by atoms with Crippen LogP contribution in [0.2, 0.25) is 0 Å². The van der Waals surface area contributed by atoms with E-state index in [-0.39, 0.29) is 81.1 Å². The zero-order valence-electron chi connectivity index (χ0n) is 16.7. The van der Waals surface area contributed by atoms with E-state index in [2.05, 4.69) is 5.32 Å². The number of benzene rings is 3. The third-order valence-electron chi connectivity index (χ3n) is 4.08. The summed E-state index contributed by atoms with van der Waals surface area (Å²) in [6.07, 6.45) is 0. The second-order valence-corrected chi connectivity index (χ2v) is 8.75. The normalized spacial score (nSPS) is 11.2. The summed E-state index contributed by atoms with van der Waals surface area (Å²) in [5, 5.41) is 12.6. The third-order valence-corrected chi connectivity index (χ3v) is 5.94. The predicted molar refractivity (Wildman–Crippen MR) is 116 cm³/mol. The van der Waals surface area contributed by atoms with Crippen molar-refractivity contribution in [1.82, 2.24) is 0 Å². The molecule has 0 aliphatic carbocycles. The molecule has 0 heterocycles. The molecule has 3 aromatic carbocycles. The Balaban J connectivity index is 0.00000256. The fraction of sp³-hybridized carbons (Fsp3) is 0. The van der Waals surface area contributed by atoms with Crippen LogP contribution in [0.5, 0.6) is 0 Å². The fourth-order valence-corrected chi connectivity index (χ4v) is 4.42.